The van der Waals surface area contributed by atoms with Crippen LogP contribution in [0.3, 0.4) is 0 Å². The van der Waals surface area contributed by atoms with Crippen molar-refractivity contribution in [3.8, 4) is 11.3 Å². The van der Waals surface area contributed by atoms with Crippen LogP contribution >= 0.6 is 0 Å². The van der Waals surface area contributed by atoms with Crippen molar-refractivity contribution < 1.29 is 22.5 Å². The zero-order valence-electron chi connectivity index (χ0n) is 25.7. The summed E-state index contributed by atoms with van der Waals surface area (Å²) >= 11 is 0. The Morgan fingerprint density at radius 2 is 2.02 bits per heavy atom. The monoisotopic (exact) mass is 653 g/mol. The van der Waals surface area contributed by atoms with Gasteiger partial charge in [0.25, 0.3) is 15.9 Å². The highest BCUT2D eigenvalue weighted by atomic mass is 32.2. The van der Waals surface area contributed by atoms with Crippen molar-refractivity contribution in [2.75, 3.05) is 18.9 Å². The maximum atomic E-state index is 13.6. The molecule has 14 nitrogen and oxygen atoms in total. The first-order valence-corrected chi connectivity index (χ1v) is 16.6. The summed E-state index contributed by atoms with van der Waals surface area (Å²) in [5.41, 5.74) is 2.11. The van der Waals surface area contributed by atoms with Gasteiger partial charge in [0.15, 0.2) is 24.0 Å². The Morgan fingerprint density at radius 1 is 1.21 bits per heavy atom. The molecule has 1 saturated carbocycles. The molecule has 5 heterocycles. The molecule has 1 atom stereocenters. The van der Waals surface area contributed by atoms with Gasteiger partial charge in [-0.15, -0.1) is 0 Å². The molecule has 1 N–H and O–H groups in total. The second kappa shape index (κ2) is 12.0. The van der Waals surface area contributed by atoms with Crippen molar-refractivity contribution >= 4 is 38.5 Å². The molecule has 0 radical (unpaired) electrons. The van der Waals surface area contributed by atoms with E-state index < -0.39 is 15.9 Å². The quantitative estimate of drug-likeness (QED) is 0.220. The number of sulfonamides is 1. The van der Waals surface area contributed by atoms with Gasteiger partial charge in [-0.05, 0) is 43.9 Å². The summed E-state index contributed by atoms with van der Waals surface area (Å²) in [7, 11) is -2.75. The van der Waals surface area contributed by atoms with E-state index in [9.17, 15) is 13.2 Å². The number of likely N-dealkylation sites (N-methyl/N-ethyl adjacent to an activating group) is 1. The van der Waals surface area contributed by atoms with Gasteiger partial charge in [0.2, 0.25) is 6.54 Å². The fourth-order valence-electron chi connectivity index (χ4n) is 6.41. The minimum atomic E-state index is -4.05. The van der Waals surface area contributed by atoms with Crippen LogP contribution in [0.1, 0.15) is 43.0 Å². The highest BCUT2D eigenvalue weighted by Crippen LogP contribution is 2.38. The fraction of sp³-hybridized carbons (Fsp3) is 0.312. The van der Waals surface area contributed by atoms with E-state index in [0.29, 0.717) is 29.6 Å². The van der Waals surface area contributed by atoms with Gasteiger partial charge in [-0.25, -0.2) is 25.0 Å². The van der Waals surface area contributed by atoms with Gasteiger partial charge in [-0.1, -0.05) is 30.1 Å². The molecule has 1 amide bonds. The normalized spacial score (nSPS) is 16.7. The Labute approximate surface area is 270 Å². The number of rotatable bonds is 9. The van der Waals surface area contributed by atoms with Crippen LogP contribution in [0.2, 0.25) is 0 Å². The van der Waals surface area contributed by atoms with Crippen LogP contribution in [0.25, 0.3) is 32.9 Å². The number of nitrogens with one attached hydrogen (secondary N) is 1. The van der Waals surface area contributed by atoms with E-state index in [0.717, 1.165) is 28.1 Å². The molecule has 7 rings (SSSR count). The summed E-state index contributed by atoms with van der Waals surface area (Å²) in [6.07, 6.45) is 11.5. The van der Waals surface area contributed by atoms with Crippen molar-refractivity contribution in [2.24, 2.45) is 5.92 Å². The number of ether oxygens (including phenoxy) is 1. The number of aryl methyl sites for hydroxylation is 1. The van der Waals surface area contributed by atoms with E-state index in [-0.39, 0.29) is 40.5 Å². The lowest BCUT2D eigenvalue weighted by Gasteiger charge is -2.30. The minimum Gasteiger partial charge on any atom is -0.470 e. The first-order valence-electron chi connectivity index (χ1n) is 15.1. The number of nitrogens with zero attached hydrogens (tertiary/aromatic N) is 8. The molecule has 4 aromatic heterocycles. The van der Waals surface area contributed by atoms with E-state index in [2.05, 4.69) is 30.4 Å². The molecule has 0 saturated heterocycles. The highest BCUT2D eigenvalue weighted by Gasteiger charge is 2.39. The Kier molecular flexibility index (Phi) is 7.72. The predicted octanol–water partition coefficient (Wildman–Crippen LogP) is 4.86. The van der Waals surface area contributed by atoms with Gasteiger partial charge >= 0.3 is 0 Å². The maximum Gasteiger partial charge on any atom is 0.278 e. The third-order valence-corrected chi connectivity index (χ3v) is 10.5. The first-order chi connectivity index (χ1) is 22.8. The molecule has 1 aliphatic heterocycles. The van der Waals surface area contributed by atoms with Crippen LogP contribution in [0, 0.1) is 19.4 Å². The number of amides is 1. The van der Waals surface area contributed by atoms with Gasteiger partial charge in [0.05, 0.1) is 16.8 Å². The molecule has 5 aromatic rings. The summed E-state index contributed by atoms with van der Waals surface area (Å²) in [6.45, 7) is 9.45. The second-order valence-electron chi connectivity index (χ2n) is 11.6. The minimum absolute atomic E-state index is 0.0134. The van der Waals surface area contributed by atoms with Gasteiger partial charge in [0, 0.05) is 42.0 Å². The average Bonchev–Trinajstić information content (AvgIpc) is 3.89. The Morgan fingerprint density at radius 3 is 2.79 bits per heavy atom. The molecule has 240 valence electrons. The Hall–Kier alpha value is -5.49. The SMILES string of the molecule is [C-]#[N+]C[C@H](C1CCCC1)n1cc(-c2ncnc3c2ccn3COC2=C(C(=O)Nc3cc(C)on3)N(C)S(=O)(=O)c3ccccc32)cn1. The third-order valence-electron chi connectivity index (χ3n) is 8.73. The molecular weight excluding hydrogens is 622 g/mol. The van der Waals surface area contributed by atoms with Crippen molar-refractivity contribution in [1.82, 2.24) is 33.8 Å². The molecule has 1 aromatic carbocycles. The molecule has 1 aliphatic carbocycles. The number of aromatic nitrogens is 6. The average molecular weight is 654 g/mol. The number of carbonyl (C=O) groups excluding carboxylic acids is 1. The zero-order valence-corrected chi connectivity index (χ0v) is 26.5. The lowest BCUT2D eigenvalue weighted by atomic mass is 9.98. The summed E-state index contributed by atoms with van der Waals surface area (Å²) < 4.78 is 42.8. The van der Waals surface area contributed by atoms with Gasteiger partial charge in [-0.2, -0.15) is 5.10 Å². The molecule has 1 fully saturated rings. The van der Waals surface area contributed by atoms with Crippen molar-refractivity contribution in [1.29, 1.82) is 0 Å². The molecule has 15 heteroatoms. The van der Waals surface area contributed by atoms with E-state index in [1.165, 1.54) is 38.3 Å². The topological polar surface area (TPSA) is 155 Å². The van der Waals surface area contributed by atoms with E-state index >= 15 is 0 Å². The molecule has 2 aliphatic rings. The van der Waals surface area contributed by atoms with Crippen LogP contribution in [-0.4, -0.2) is 61.7 Å². The van der Waals surface area contributed by atoms with Crippen molar-refractivity contribution in [3.05, 3.63) is 89.8 Å². The van der Waals surface area contributed by atoms with E-state index in [4.69, 9.17) is 15.8 Å². The van der Waals surface area contributed by atoms with Crippen LogP contribution in [0.5, 0.6) is 0 Å². The maximum absolute atomic E-state index is 13.6. The van der Waals surface area contributed by atoms with Crippen LogP contribution < -0.4 is 5.32 Å². The fourth-order valence-corrected chi connectivity index (χ4v) is 7.80. The standard InChI is InChI=1S/C32H31N9O5S/c1-20-14-27(38-46-20)37-32(42)29-30(23-10-6-7-11-26(23)47(43,44)39(29)3)45-19-40-13-12-24-28(34-18-35-31(24)40)22-15-36-41(17-22)25(16-33-2)21-8-4-5-9-21/h6-7,10-15,17-18,21,25H,4-5,8-9,16,19H2,1,3H3,(H,37,38,42)/t25-/m1/s1. The number of anilines is 1. The zero-order chi connectivity index (χ0) is 32.7. The van der Waals surface area contributed by atoms with E-state index in [1.54, 1.807) is 42.1 Å². The lowest BCUT2D eigenvalue weighted by Crippen LogP contribution is -2.37. The molecule has 0 bridgehead atoms. The highest BCUT2D eigenvalue weighted by molar-refractivity contribution is 7.89. The number of benzene rings is 1. The smallest absolute Gasteiger partial charge is 0.278 e. The third kappa shape index (κ3) is 5.40. The van der Waals surface area contributed by atoms with Crippen LogP contribution in [-0.2, 0) is 26.3 Å². The second-order valence-corrected chi connectivity index (χ2v) is 13.5. The van der Waals surface area contributed by atoms with Crippen molar-refractivity contribution in [2.45, 2.75) is 50.3 Å². The van der Waals surface area contributed by atoms with Gasteiger partial charge < -0.3 is 19.4 Å². The lowest BCUT2D eigenvalue weighted by molar-refractivity contribution is -0.113. The number of carbonyl (C=O) groups is 1. The number of hydrogen-bond acceptors (Lipinski definition) is 9. The molecule has 47 heavy (non-hydrogen) atoms. The van der Waals surface area contributed by atoms with Gasteiger partial charge in [-0.3, -0.25) is 18.3 Å². The Bertz CT molecular complexity index is 2170. The summed E-state index contributed by atoms with van der Waals surface area (Å²) in [5.74, 6) is 0.385. The largest absolute Gasteiger partial charge is 0.470 e. The van der Waals surface area contributed by atoms with Crippen molar-refractivity contribution in [3.63, 3.8) is 0 Å². The summed E-state index contributed by atoms with van der Waals surface area (Å²) in [6, 6.07) is 9.78. The molecule has 0 spiro atoms. The van der Waals surface area contributed by atoms with Crippen LogP contribution in [0.15, 0.2) is 76.4 Å². The molecule has 0 unspecified atom stereocenters. The number of fused-ring (bicyclic) bond motifs is 2. The van der Waals surface area contributed by atoms with E-state index in [1.807, 2.05) is 16.9 Å². The predicted molar refractivity (Wildman–Crippen MR) is 170 cm³/mol. The Balaban J connectivity index is 1.22. The molecular formula is C32H31N9O5S. The number of hydrogen-bond donors (Lipinski definition) is 1. The summed E-state index contributed by atoms with van der Waals surface area (Å²) in [4.78, 5) is 26.3. The van der Waals surface area contributed by atoms with Crippen LogP contribution in [0.4, 0.5) is 5.82 Å². The first kappa shape index (κ1) is 30.2. The van der Waals surface area contributed by atoms with Gasteiger partial charge in [0.1, 0.15) is 23.8 Å². The summed E-state index contributed by atoms with van der Waals surface area (Å²) in [5, 5.41) is 11.8.